The van der Waals surface area contributed by atoms with E-state index in [9.17, 15) is 0 Å². The van der Waals surface area contributed by atoms with Crippen LogP contribution in [0.5, 0.6) is 0 Å². The maximum absolute atomic E-state index is 5.74. The number of aromatic nitrogens is 2. The molecule has 1 aromatic heterocycles. The highest BCUT2D eigenvalue weighted by molar-refractivity contribution is 9.10. The Balaban J connectivity index is 2.32. The Morgan fingerprint density at radius 2 is 2.27 bits per heavy atom. The van der Waals surface area contributed by atoms with Crippen LogP contribution >= 0.6 is 15.9 Å². The summed E-state index contributed by atoms with van der Waals surface area (Å²) in [5, 5.41) is 4.25. The molecule has 0 spiro atoms. The molecule has 0 aliphatic rings. The van der Waals surface area contributed by atoms with Crippen LogP contribution in [0.25, 0.3) is 0 Å². The summed E-state index contributed by atoms with van der Waals surface area (Å²) in [5.74, 6) is 0. The molecule has 0 aliphatic carbocycles. The molecule has 4 heteroatoms. The zero-order valence-electron chi connectivity index (χ0n) is 8.39. The highest BCUT2D eigenvalue weighted by Gasteiger charge is 2.08. The lowest BCUT2D eigenvalue weighted by Crippen LogP contribution is -2.07. The SMILES string of the molecule is CC(c1cccc(N)c1)n1cc(Br)cn1. The minimum absolute atomic E-state index is 0.194. The van der Waals surface area contributed by atoms with Crippen molar-refractivity contribution in [1.82, 2.24) is 9.78 Å². The summed E-state index contributed by atoms with van der Waals surface area (Å²) in [6.45, 7) is 2.09. The molecule has 0 amide bonds. The third-order valence-electron chi connectivity index (χ3n) is 2.36. The van der Waals surface area contributed by atoms with Crippen molar-refractivity contribution >= 4 is 21.6 Å². The van der Waals surface area contributed by atoms with Crippen molar-refractivity contribution in [2.45, 2.75) is 13.0 Å². The van der Waals surface area contributed by atoms with Crippen LogP contribution in [0.15, 0.2) is 41.1 Å². The molecule has 0 saturated heterocycles. The Morgan fingerprint density at radius 1 is 1.47 bits per heavy atom. The minimum atomic E-state index is 0.194. The molecule has 0 radical (unpaired) electrons. The van der Waals surface area contributed by atoms with Crippen LogP contribution in [0.4, 0.5) is 5.69 Å². The molecule has 2 rings (SSSR count). The lowest BCUT2D eigenvalue weighted by molar-refractivity contribution is 0.564. The Bertz CT molecular complexity index is 464. The van der Waals surface area contributed by atoms with Crippen LogP contribution in [0.3, 0.4) is 0 Å². The van der Waals surface area contributed by atoms with E-state index in [1.807, 2.05) is 29.1 Å². The fraction of sp³-hybridized carbons (Fsp3) is 0.182. The minimum Gasteiger partial charge on any atom is -0.399 e. The van der Waals surface area contributed by atoms with Gasteiger partial charge >= 0.3 is 0 Å². The average molecular weight is 266 g/mol. The summed E-state index contributed by atoms with van der Waals surface area (Å²) >= 11 is 3.38. The Hall–Kier alpha value is -1.29. The van der Waals surface area contributed by atoms with Crippen molar-refractivity contribution in [3.05, 3.63) is 46.7 Å². The predicted molar refractivity (Wildman–Crippen MR) is 64.6 cm³/mol. The first-order valence-corrected chi connectivity index (χ1v) is 5.51. The van der Waals surface area contributed by atoms with Crippen LogP contribution in [0.1, 0.15) is 18.5 Å². The van der Waals surface area contributed by atoms with Crippen molar-refractivity contribution in [1.29, 1.82) is 0 Å². The molecule has 0 bridgehead atoms. The molecule has 2 N–H and O–H groups in total. The summed E-state index contributed by atoms with van der Waals surface area (Å²) in [6, 6.07) is 8.06. The smallest absolute Gasteiger partial charge is 0.0741 e. The molecule has 0 saturated carbocycles. The van der Waals surface area contributed by atoms with Crippen molar-refractivity contribution in [3.63, 3.8) is 0 Å². The summed E-state index contributed by atoms with van der Waals surface area (Å²) in [5.41, 5.74) is 7.68. The van der Waals surface area contributed by atoms with Gasteiger partial charge in [0.25, 0.3) is 0 Å². The van der Waals surface area contributed by atoms with Gasteiger partial charge < -0.3 is 5.73 Å². The third kappa shape index (κ3) is 2.21. The van der Waals surface area contributed by atoms with Gasteiger partial charge in [0.15, 0.2) is 0 Å². The second-order valence-corrected chi connectivity index (χ2v) is 4.40. The van der Waals surface area contributed by atoms with Gasteiger partial charge in [0.1, 0.15) is 0 Å². The largest absolute Gasteiger partial charge is 0.399 e. The van der Waals surface area contributed by atoms with E-state index >= 15 is 0 Å². The van der Waals surface area contributed by atoms with E-state index in [2.05, 4.69) is 34.0 Å². The summed E-state index contributed by atoms with van der Waals surface area (Å²) in [6.07, 6.45) is 3.73. The Kier molecular flexibility index (Phi) is 2.77. The lowest BCUT2D eigenvalue weighted by Gasteiger charge is -2.12. The van der Waals surface area contributed by atoms with E-state index < -0.39 is 0 Å². The number of hydrogen-bond donors (Lipinski definition) is 1. The quantitative estimate of drug-likeness (QED) is 0.849. The van der Waals surface area contributed by atoms with Gasteiger partial charge in [0.2, 0.25) is 0 Å². The third-order valence-corrected chi connectivity index (χ3v) is 2.77. The number of nitrogens with two attached hydrogens (primary N) is 1. The molecule has 2 aromatic rings. The molecule has 1 atom stereocenters. The molecular formula is C11H12BrN3. The van der Waals surface area contributed by atoms with Crippen LogP contribution in [0, 0.1) is 0 Å². The van der Waals surface area contributed by atoms with E-state index in [4.69, 9.17) is 5.73 Å². The molecule has 3 nitrogen and oxygen atoms in total. The average Bonchev–Trinajstić information content (AvgIpc) is 2.64. The summed E-state index contributed by atoms with van der Waals surface area (Å²) < 4.78 is 2.89. The number of anilines is 1. The topological polar surface area (TPSA) is 43.8 Å². The molecule has 1 unspecified atom stereocenters. The lowest BCUT2D eigenvalue weighted by atomic mass is 10.1. The fourth-order valence-corrected chi connectivity index (χ4v) is 1.80. The first-order valence-electron chi connectivity index (χ1n) is 4.72. The van der Waals surface area contributed by atoms with E-state index in [0.29, 0.717) is 0 Å². The van der Waals surface area contributed by atoms with Gasteiger partial charge in [0, 0.05) is 11.9 Å². The first kappa shape index (κ1) is 10.2. The van der Waals surface area contributed by atoms with Crippen molar-refractivity contribution in [2.75, 3.05) is 5.73 Å². The zero-order valence-corrected chi connectivity index (χ0v) is 9.98. The van der Waals surface area contributed by atoms with E-state index in [1.54, 1.807) is 6.20 Å². The van der Waals surface area contributed by atoms with Crippen LogP contribution in [-0.2, 0) is 0 Å². The fourth-order valence-electron chi connectivity index (χ4n) is 1.50. The summed E-state index contributed by atoms with van der Waals surface area (Å²) in [4.78, 5) is 0. The number of halogens is 1. The number of nitrogens with zero attached hydrogens (tertiary/aromatic N) is 2. The maximum Gasteiger partial charge on any atom is 0.0741 e. The monoisotopic (exact) mass is 265 g/mol. The van der Waals surface area contributed by atoms with Crippen LogP contribution in [0.2, 0.25) is 0 Å². The van der Waals surface area contributed by atoms with Crippen molar-refractivity contribution in [3.8, 4) is 0 Å². The number of hydrogen-bond acceptors (Lipinski definition) is 2. The molecule has 0 aliphatic heterocycles. The van der Waals surface area contributed by atoms with Gasteiger partial charge in [0.05, 0.1) is 16.7 Å². The van der Waals surface area contributed by atoms with Crippen molar-refractivity contribution in [2.24, 2.45) is 0 Å². The molecular weight excluding hydrogens is 254 g/mol. The van der Waals surface area contributed by atoms with Gasteiger partial charge in [-0.2, -0.15) is 5.10 Å². The van der Waals surface area contributed by atoms with E-state index in [1.165, 1.54) is 0 Å². The zero-order chi connectivity index (χ0) is 10.8. The molecule has 0 fully saturated rings. The number of nitrogen functional groups attached to an aromatic ring is 1. The summed E-state index contributed by atoms with van der Waals surface area (Å²) in [7, 11) is 0. The van der Waals surface area contributed by atoms with Gasteiger partial charge in [-0.25, -0.2) is 0 Å². The van der Waals surface area contributed by atoms with Crippen LogP contribution < -0.4 is 5.73 Å². The van der Waals surface area contributed by atoms with Gasteiger partial charge in [-0.1, -0.05) is 12.1 Å². The van der Waals surface area contributed by atoms with E-state index in [-0.39, 0.29) is 6.04 Å². The van der Waals surface area contributed by atoms with Crippen molar-refractivity contribution < 1.29 is 0 Å². The maximum atomic E-state index is 5.74. The highest BCUT2D eigenvalue weighted by atomic mass is 79.9. The van der Waals surface area contributed by atoms with Gasteiger partial charge in [-0.05, 0) is 40.5 Å². The Morgan fingerprint density at radius 3 is 2.87 bits per heavy atom. The second-order valence-electron chi connectivity index (χ2n) is 3.48. The molecule has 1 aromatic carbocycles. The standard InChI is InChI=1S/C11H12BrN3/c1-8(15-7-10(12)6-14-15)9-3-2-4-11(13)5-9/h2-8H,13H2,1H3. The number of benzene rings is 1. The highest BCUT2D eigenvalue weighted by Crippen LogP contribution is 2.20. The second kappa shape index (κ2) is 4.06. The first-order chi connectivity index (χ1) is 7.16. The number of rotatable bonds is 2. The van der Waals surface area contributed by atoms with E-state index in [0.717, 1.165) is 15.7 Å². The Labute approximate surface area is 97.0 Å². The molecule has 15 heavy (non-hydrogen) atoms. The van der Waals surface area contributed by atoms with Crippen LogP contribution in [-0.4, -0.2) is 9.78 Å². The predicted octanol–water partition coefficient (Wildman–Crippen LogP) is 2.84. The van der Waals surface area contributed by atoms with Gasteiger partial charge in [-0.3, -0.25) is 4.68 Å². The molecule has 1 heterocycles. The normalized spacial score (nSPS) is 12.7. The molecule has 78 valence electrons. The van der Waals surface area contributed by atoms with Gasteiger partial charge in [-0.15, -0.1) is 0 Å².